The average molecular weight is 1010 g/mol. The van der Waals surface area contributed by atoms with Gasteiger partial charge in [0.1, 0.15) is 28.7 Å². The molecule has 368 valence electrons. The third-order valence-corrected chi connectivity index (χ3v) is 15.3. The summed E-state index contributed by atoms with van der Waals surface area (Å²) in [5.74, 6) is 4.28. The van der Waals surface area contributed by atoms with Crippen molar-refractivity contribution in [2.24, 2.45) is 5.41 Å². The van der Waals surface area contributed by atoms with Crippen molar-refractivity contribution in [2.75, 3.05) is 33.0 Å². The van der Waals surface area contributed by atoms with Gasteiger partial charge in [0.25, 0.3) is 0 Å². The van der Waals surface area contributed by atoms with E-state index in [1.165, 1.54) is 44.5 Å². The van der Waals surface area contributed by atoms with Crippen LogP contribution in [0.5, 0.6) is 28.7 Å². The third-order valence-electron chi connectivity index (χ3n) is 11.1. The molecule has 2 fully saturated rings. The van der Waals surface area contributed by atoms with E-state index in [0.29, 0.717) is 33.0 Å². The van der Waals surface area contributed by atoms with Crippen molar-refractivity contribution in [3.63, 3.8) is 0 Å². The molecule has 0 N–H and O–H groups in total. The Kier molecular flexibility index (Phi) is 20.3. The lowest BCUT2D eigenvalue weighted by Crippen LogP contribution is -2.45. The van der Waals surface area contributed by atoms with Crippen LogP contribution in [0.3, 0.4) is 0 Å². The molecular formula is C55H68O10P4. The normalized spacial score (nSPS) is 17.7. The van der Waals surface area contributed by atoms with Crippen LogP contribution in [-0.2, 0) is 22.6 Å². The Balaban J connectivity index is 0.000000180. The van der Waals surface area contributed by atoms with E-state index in [4.69, 9.17) is 45.2 Å². The molecule has 1 atom stereocenters. The zero-order valence-electron chi connectivity index (χ0n) is 42.4. The molecule has 2 aliphatic rings. The molecular weight excluding hydrogens is 944 g/mol. The molecule has 2 heterocycles. The summed E-state index contributed by atoms with van der Waals surface area (Å²) in [5, 5.41) is 1.06. The second kappa shape index (κ2) is 25.8. The van der Waals surface area contributed by atoms with E-state index >= 15 is 0 Å². The minimum Gasteiger partial charge on any atom is -0.449 e. The number of hydrogen-bond donors (Lipinski definition) is 0. The van der Waals surface area contributed by atoms with Crippen LogP contribution in [0.4, 0.5) is 0 Å². The van der Waals surface area contributed by atoms with Gasteiger partial charge < -0.3 is 45.2 Å². The number of hydrogen-bond acceptors (Lipinski definition) is 10. The van der Waals surface area contributed by atoms with Crippen molar-refractivity contribution in [1.82, 2.24) is 0 Å². The van der Waals surface area contributed by atoms with Gasteiger partial charge in [-0.05, 0) is 160 Å². The van der Waals surface area contributed by atoms with Crippen molar-refractivity contribution in [1.29, 1.82) is 0 Å². The molecule has 0 radical (unpaired) electrons. The van der Waals surface area contributed by atoms with Gasteiger partial charge in [-0.25, -0.2) is 0 Å². The molecule has 0 bridgehead atoms. The largest absolute Gasteiger partial charge is 0.449 e. The van der Waals surface area contributed by atoms with E-state index in [2.05, 4.69) is 142 Å². The first-order chi connectivity index (χ1) is 33.0. The number of benzene rings is 6. The fourth-order valence-electron chi connectivity index (χ4n) is 7.38. The van der Waals surface area contributed by atoms with Crippen molar-refractivity contribution in [3.8, 4) is 28.7 Å². The third kappa shape index (κ3) is 16.2. The van der Waals surface area contributed by atoms with Crippen molar-refractivity contribution in [2.45, 2.75) is 90.0 Å². The van der Waals surface area contributed by atoms with Gasteiger partial charge in [0.15, 0.2) is 0 Å². The number of aryl methyl sites for hydroxylation is 12. The molecule has 1 spiro atoms. The standard InChI is InChI=1S/C23H25O2P.C21H26O6P2.C11H17O2P/c1-16-6-10-21(11-7-16)26(24-22-12-8-17(2)14-19(22)4)25-23-13-9-18(3)15-20(23)5;1-15-5-7-19(17(3)9-15)26-28-22-11-21(12-23-28)13-24-29(25-14-21)27-20-8-6-16(2)10-18(20)4;1-5-12-14-13-11-9(3)6-8(2)7-10(11)4/h6-15H,1-5H3;5-10H,11-14H2,1-4H3;6-7,14H,5H2,1-4H3. The Hall–Kier alpha value is -4.16. The summed E-state index contributed by atoms with van der Waals surface area (Å²) in [5.41, 5.74) is 13.7. The quantitative estimate of drug-likeness (QED) is 0.0823. The lowest BCUT2D eigenvalue weighted by atomic mass is 9.93. The lowest BCUT2D eigenvalue weighted by Gasteiger charge is -2.41. The first-order valence-electron chi connectivity index (χ1n) is 23.1. The zero-order chi connectivity index (χ0) is 49.7. The maximum Gasteiger partial charge on any atom is 0.397 e. The minimum absolute atomic E-state index is 0.0992. The summed E-state index contributed by atoms with van der Waals surface area (Å²) < 4.78 is 58.8. The zero-order valence-corrected chi connectivity index (χ0v) is 46.0. The molecule has 1 unspecified atom stereocenters. The number of rotatable bonds is 13. The summed E-state index contributed by atoms with van der Waals surface area (Å²) in [7, 11) is -4.01. The summed E-state index contributed by atoms with van der Waals surface area (Å²) in [6.45, 7) is 29.3. The van der Waals surface area contributed by atoms with Gasteiger partial charge >= 0.3 is 25.6 Å². The van der Waals surface area contributed by atoms with Crippen LogP contribution in [0.15, 0.2) is 109 Å². The van der Waals surface area contributed by atoms with E-state index in [9.17, 15) is 0 Å². The second-order valence-corrected chi connectivity index (χ2v) is 22.3. The van der Waals surface area contributed by atoms with Crippen LogP contribution >= 0.6 is 34.6 Å². The van der Waals surface area contributed by atoms with E-state index in [1.807, 2.05) is 57.2 Å². The Bertz CT molecular complexity index is 2460. The van der Waals surface area contributed by atoms with Crippen LogP contribution in [0.2, 0.25) is 0 Å². The Morgan fingerprint density at radius 1 is 0.449 bits per heavy atom. The molecule has 2 saturated heterocycles. The van der Waals surface area contributed by atoms with E-state index in [0.717, 1.165) is 56.3 Å². The highest BCUT2D eigenvalue weighted by molar-refractivity contribution is 7.56. The highest BCUT2D eigenvalue weighted by atomic mass is 31.2. The molecule has 69 heavy (non-hydrogen) atoms. The van der Waals surface area contributed by atoms with Crippen LogP contribution in [0, 0.1) is 88.5 Å². The SMILES string of the molecule is CCOPOc1c(C)cc(C)cc1C.Cc1ccc(OP2OCC3(CO2)COP(Oc2ccc(C)cc2C)OC3)c(C)c1.Cc1ccc(P(Oc2ccc(C)cc2C)Oc2ccc(C)cc2C)cc1. The van der Waals surface area contributed by atoms with Crippen LogP contribution < -0.4 is 27.9 Å². The Morgan fingerprint density at radius 3 is 1.16 bits per heavy atom. The van der Waals surface area contributed by atoms with Gasteiger partial charge in [0, 0.05) is 0 Å². The highest BCUT2D eigenvalue weighted by Gasteiger charge is 2.45. The molecule has 14 heteroatoms. The van der Waals surface area contributed by atoms with Crippen LogP contribution in [-0.4, -0.2) is 33.0 Å². The van der Waals surface area contributed by atoms with Gasteiger partial charge in [-0.1, -0.05) is 106 Å². The Labute approximate surface area is 416 Å². The summed E-state index contributed by atoms with van der Waals surface area (Å²) in [6, 6.07) is 37.2. The second-order valence-electron chi connectivity index (χ2n) is 17.9. The van der Waals surface area contributed by atoms with E-state index in [1.54, 1.807) is 0 Å². The average Bonchev–Trinajstić information content (AvgIpc) is 3.30. The first-order valence-corrected chi connectivity index (χ1v) is 27.3. The molecule has 8 rings (SSSR count). The monoisotopic (exact) mass is 1010 g/mol. The molecule has 0 aliphatic carbocycles. The minimum atomic E-state index is -1.42. The summed E-state index contributed by atoms with van der Waals surface area (Å²) in [4.78, 5) is 0. The fourth-order valence-corrected chi connectivity index (χ4v) is 12.0. The lowest BCUT2D eigenvalue weighted by molar-refractivity contribution is -0.0673. The molecule has 0 aromatic heterocycles. The van der Waals surface area contributed by atoms with E-state index in [-0.39, 0.29) is 14.4 Å². The molecule has 0 amide bonds. The van der Waals surface area contributed by atoms with Gasteiger partial charge in [0.05, 0.1) is 43.8 Å². The summed E-state index contributed by atoms with van der Waals surface area (Å²) in [6.07, 6.45) is 0. The Morgan fingerprint density at radius 2 is 0.797 bits per heavy atom. The van der Waals surface area contributed by atoms with Gasteiger partial charge in [-0.3, -0.25) is 0 Å². The predicted molar refractivity (Wildman–Crippen MR) is 285 cm³/mol. The van der Waals surface area contributed by atoms with Gasteiger partial charge in [0.2, 0.25) is 9.03 Å². The van der Waals surface area contributed by atoms with Gasteiger partial charge in [-0.15, -0.1) is 0 Å². The van der Waals surface area contributed by atoms with Crippen LogP contribution in [0.25, 0.3) is 0 Å². The molecule has 0 saturated carbocycles. The van der Waals surface area contributed by atoms with Crippen LogP contribution in [0.1, 0.15) is 73.7 Å². The predicted octanol–water partition coefficient (Wildman–Crippen LogP) is 15.8. The van der Waals surface area contributed by atoms with Gasteiger partial charge in [-0.2, -0.15) is 0 Å². The molecule has 10 nitrogen and oxygen atoms in total. The molecule has 6 aromatic carbocycles. The summed E-state index contributed by atoms with van der Waals surface area (Å²) >= 11 is 0. The van der Waals surface area contributed by atoms with E-state index < -0.39 is 25.6 Å². The molecule has 2 aliphatic heterocycles. The van der Waals surface area contributed by atoms with Crippen molar-refractivity contribution < 1.29 is 45.2 Å². The fraction of sp³-hybridized carbons (Fsp3) is 0.345. The highest BCUT2D eigenvalue weighted by Crippen LogP contribution is 2.53. The van der Waals surface area contributed by atoms with Crippen molar-refractivity contribution >= 4 is 39.9 Å². The maximum atomic E-state index is 6.36. The maximum absolute atomic E-state index is 6.36. The topological polar surface area (TPSA) is 92.3 Å². The smallest absolute Gasteiger partial charge is 0.397 e. The molecule has 6 aromatic rings. The van der Waals surface area contributed by atoms with Crippen molar-refractivity contribution in [3.05, 3.63) is 176 Å². The first kappa shape index (κ1) is 54.2.